The molecule has 0 aliphatic carbocycles. The van der Waals surface area contributed by atoms with Crippen LogP contribution in [-0.2, 0) is 4.79 Å². The molecule has 0 radical (unpaired) electrons. The van der Waals surface area contributed by atoms with E-state index >= 15 is 0 Å². The molecule has 0 aromatic carbocycles. The highest BCUT2D eigenvalue weighted by Crippen LogP contribution is 1.94. The van der Waals surface area contributed by atoms with Gasteiger partial charge in [-0.2, -0.15) is 0 Å². The van der Waals surface area contributed by atoms with Crippen molar-refractivity contribution in [1.29, 1.82) is 0 Å². The first-order valence-electron chi connectivity index (χ1n) is 4.14. The van der Waals surface area contributed by atoms with Gasteiger partial charge in [-0.15, -0.1) is 0 Å². The van der Waals surface area contributed by atoms with E-state index in [-0.39, 0.29) is 5.78 Å². The maximum absolute atomic E-state index is 10.8. The summed E-state index contributed by atoms with van der Waals surface area (Å²) in [5.41, 5.74) is 0. The van der Waals surface area contributed by atoms with E-state index in [4.69, 9.17) is 0 Å². The lowest BCUT2D eigenvalue weighted by Crippen LogP contribution is -1.83. The van der Waals surface area contributed by atoms with Gasteiger partial charge in [-0.1, -0.05) is 31.9 Å². The standard InChI is InChI=1S/C10H16O/c1-3-5-6-7-9-10(11)8-4-2/h4,7-9H,3,5-6H2,1-2H3. The second-order valence-corrected chi connectivity index (χ2v) is 2.45. The molecule has 0 aliphatic heterocycles. The SMILES string of the molecule is CC=CC(=O)C=CCCCC. The van der Waals surface area contributed by atoms with E-state index in [9.17, 15) is 4.79 Å². The van der Waals surface area contributed by atoms with Gasteiger partial charge < -0.3 is 0 Å². The van der Waals surface area contributed by atoms with Crippen LogP contribution >= 0.6 is 0 Å². The molecule has 0 spiro atoms. The Morgan fingerprint density at radius 1 is 1.36 bits per heavy atom. The number of rotatable bonds is 5. The Bertz CT molecular complexity index is 154. The molecule has 0 N–H and O–H groups in total. The van der Waals surface area contributed by atoms with Gasteiger partial charge in [-0.05, 0) is 25.5 Å². The van der Waals surface area contributed by atoms with Crippen LogP contribution in [0.15, 0.2) is 24.3 Å². The second-order valence-electron chi connectivity index (χ2n) is 2.45. The molecule has 0 fully saturated rings. The molecule has 0 saturated carbocycles. The highest BCUT2D eigenvalue weighted by Gasteiger charge is 1.84. The molecule has 0 aliphatic rings. The van der Waals surface area contributed by atoms with Crippen molar-refractivity contribution in [3.8, 4) is 0 Å². The van der Waals surface area contributed by atoms with Crippen LogP contribution < -0.4 is 0 Å². The smallest absolute Gasteiger partial charge is 0.177 e. The van der Waals surface area contributed by atoms with Crippen LogP contribution in [0.2, 0.25) is 0 Å². The molecule has 1 nitrogen and oxygen atoms in total. The Hall–Kier alpha value is -0.850. The lowest BCUT2D eigenvalue weighted by Gasteiger charge is -1.86. The minimum absolute atomic E-state index is 0.0867. The number of hydrogen-bond acceptors (Lipinski definition) is 1. The largest absolute Gasteiger partial charge is 0.290 e. The van der Waals surface area contributed by atoms with E-state index < -0.39 is 0 Å². The zero-order chi connectivity index (χ0) is 8.53. The van der Waals surface area contributed by atoms with E-state index in [0.717, 1.165) is 6.42 Å². The fraction of sp³-hybridized carbons (Fsp3) is 0.500. The Morgan fingerprint density at radius 2 is 2.09 bits per heavy atom. The molecule has 0 unspecified atom stereocenters. The first-order valence-corrected chi connectivity index (χ1v) is 4.14. The Kier molecular flexibility index (Phi) is 6.70. The van der Waals surface area contributed by atoms with E-state index in [1.807, 2.05) is 13.0 Å². The molecule has 0 saturated heterocycles. The Labute approximate surface area is 68.8 Å². The molecule has 0 bridgehead atoms. The molecule has 0 aromatic rings. The zero-order valence-corrected chi connectivity index (χ0v) is 7.34. The molecule has 11 heavy (non-hydrogen) atoms. The van der Waals surface area contributed by atoms with E-state index in [0.29, 0.717) is 0 Å². The number of carbonyl (C=O) groups excluding carboxylic acids is 1. The predicted octanol–water partition coefficient (Wildman–Crippen LogP) is 2.88. The maximum atomic E-state index is 10.8. The van der Waals surface area contributed by atoms with Gasteiger partial charge >= 0.3 is 0 Å². The summed E-state index contributed by atoms with van der Waals surface area (Å²) in [6.45, 7) is 3.99. The van der Waals surface area contributed by atoms with Gasteiger partial charge in [0.1, 0.15) is 0 Å². The van der Waals surface area contributed by atoms with E-state index in [1.165, 1.54) is 12.8 Å². The van der Waals surface area contributed by atoms with Crippen LogP contribution in [0.1, 0.15) is 33.1 Å². The topological polar surface area (TPSA) is 17.1 Å². The number of hydrogen-bond donors (Lipinski definition) is 0. The summed E-state index contributed by atoms with van der Waals surface area (Å²) in [6.07, 6.45) is 10.3. The number of unbranched alkanes of at least 4 members (excludes halogenated alkanes) is 2. The maximum Gasteiger partial charge on any atom is 0.177 e. The fourth-order valence-corrected chi connectivity index (χ4v) is 0.741. The lowest BCUT2D eigenvalue weighted by molar-refractivity contribution is -0.110. The average molecular weight is 152 g/mol. The molecular formula is C10H16O. The second kappa shape index (κ2) is 7.26. The molecule has 0 amide bonds. The van der Waals surface area contributed by atoms with Gasteiger partial charge in [0.05, 0.1) is 0 Å². The van der Waals surface area contributed by atoms with Crippen molar-refractivity contribution in [2.75, 3.05) is 0 Å². The minimum Gasteiger partial charge on any atom is -0.290 e. The average Bonchev–Trinajstić information content (AvgIpc) is 1.99. The Morgan fingerprint density at radius 3 is 2.64 bits per heavy atom. The number of allylic oxidation sites excluding steroid dienone is 4. The molecule has 1 heteroatoms. The highest BCUT2D eigenvalue weighted by atomic mass is 16.1. The van der Waals surface area contributed by atoms with Crippen LogP contribution in [0.4, 0.5) is 0 Å². The predicted molar refractivity (Wildman–Crippen MR) is 48.5 cm³/mol. The third-order valence-corrected chi connectivity index (χ3v) is 1.34. The summed E-state index contributed by atoms with van der Waals surface area (Å²) in [5.74, 6) is 0.0867. The van der Waals surface area contributed by atoms with Crippen LogP contribution in [0.5, 0.6) is 0 Å². The first kappa shape index (κ1) is 10.2. The summed E-state index contributed by atoms with van der Waals surface area (Å²) in [6, 6.07) is 0. The third-order valence-electron chi connectivity index (χ3n) is 1.34. The number of ketones is 1. The highest BCUT2D eigenvalue weighted by molar-refractivity contribution is 5.98. The molecule has 0 rings (SSSR count). The zero-order valence-electron chi connectivity index (χ0n) is 7.34. The molecule has 0 heterocycles. The van der Waals surface area contributed by atoms with Crippen molar-refractivity contribution in [2.24, 2.45) is 0 Å². The van der Waals surface area contributed by atoms with Crippen LogP contribution in [-0.4, -0.2) is 5.78 Å². The summed E-state index contributed by atoms with van der Waals surface area (Å²) >= 11 is 0. The monoisotopic (exact) mass is 152 g/mol. The fourth-order valence-electron chi connectivity index (χ4n) is 0.741. The molecular weight excluding hydrogens is 136 g/mol. The van der Waals surface area contributed by atoms with Crippen LogP contribution in [0, 0.1) is 0 Å². The van der Waals surface area contributed by atoms with Crippen LogP contribution in [0.3, 0.4) is 0 Å². The van der Waals surface area contributed by atoms with Crippen LogP contribution in [0.25, 0.3) is 0 Å². The molecule has 0 aromatic heterocycles. The van der Waals surface area contributed by atoms with Crippen molar-refractivity contribution in [3.63, 3.8) is 0 Å². The van der Waals surface area contributed by atoms with Gasteiger partial charge in [-0.3, -0.25) is 4.79 Å². The van der Waals surface area contributed by atoms with Crippen molar-refractivity contribution in [2.45, 2.75) is 33.1 Å². The number of carbonyl (C=O) groups is 1. The van der Waals surface area contributed by atoms with Gasteiger partial charge in [0.25, 0.3) is 0 Å². The van der Waals surface area contributed by atoms with Gasteiger partial charge in [0.2, 0.25) is 0 Å². The lowest BCUT2D eigenvalue weighted by atomic mass is 10.2. The van der Waals surface area contributed by atoms with Gasteiger partial charge in [0.15, 0.2) is 5.78 Å². The normalized spacial score (nSPS) is 11.5. The third kappa shape index (κ3) is 7.04. The Balaban J connectivity index is 3.48. The van der Waals surface area contributed by atoms with E-state index in [2.05, 4.69) is 6.92 Å². The first-order chi connectivity index (χ1) is 5.31. The van der Waals surface area contributed by atoms with E-state index in [1.54, 1.807) is 18.2 Å². The van der Waals surface area contributed by atoms with Gasteiger partial charge in [-0.25, -0.2) is 0 Å². The summed E-state index contributed by atoms with van der Waals surface area (Å²) in [7, 11) is 0. The van der Waals surface area contributed by atoms with Crippen molar-refractivity contribution < 1.29 is 4.79 Å². The summed E-state index contributed by atoms with van der Waals surface area (Å²) in [5, 5.41) is 0. The molecule has 0 atom stereocenters. The van der Waals surface area contributed by atoms with Crippen molar-refractivity contribution in [3.05, 3.63) is 24.3 Å². The van der Waals surface area contributed by atoms with Crippen molar-refractivity contribution >= 4 is 5.78 Å². The van der Waals surface area contributed by atoms with Crippen molar-refractivity contribution in [1.82, 2.24) is 0 Å². The summed E-state index contributed by atoms with van der Waals surface area (Å²) in [4.78, 5) is 10.8. The quantitative estimate of drug-likeness (QED) is 0.437. The van der Waals surface area contributed by atoms with Gasteiger partial charge in [0, 0.05) is 0 Å². The molecule has 62 valence electrons. The summed E-state index contributed by atoms with van der Waals surface area (Å²) < 4.78 is 0. The minimum atomic E-state index is 0.0867.